The van der Waals surface area contributed by atoms with Crippen LogP contribution < -0.4 is 5.32 Å². The van der Waals surface area contributed by atoms with Gasteiger partial charge in [-0.05, 0) is 72.4 Å². The van der Waals surface area contributed by atoms with Crippen molar-refractivity contribution in [1.29, 1.82) is 0 Å². The maximum absolute atomic E-state index is 13.6. The van der Waals surface area contributed by atoms with Crippen LogP contribution >= 0.6 is 0 Å². The first-order chi connectivity index (χ1) is 9.64. The molecule has 0 aliphatic heterocycles. The minimum absolute atomic E-state index is 0.127. The van der Waals surface area contributed by atoms with Crippen molar-refractivity contribution in [3.8, 4) is 0 Å². The lowest BCUT2D eigenvalue weighted by molar-refractivity contribution is 0.406. The van der Waals surface area contributed by atoms with Crippen molar-refractivity contribution in [2.45, 2.75) is 60.9 Å². The third-order valence-electron chi connectivity index (χ3n) is 5.95. The molecule has 0 amide bonds. The molecule has 1 aromatic rings. The largest absolute Gasteiger partial charge is 0.310 e. The van der Waals surface area contributed by atoms with E-state index in [-0.39, 0.29) is 5.82 Å². The first kappa shape index (κ1) is 16.5. The first-order valence-corrected chi connectivity index (χ1v) is 8.14. The topological polar surface area (TPSA) is 12.0 Å². The van der Waals surface area contributed by atoms with Gasteiger partial charge in [0.1, 0.15) is 5.82 Å². The van der Waals surface area contributed by atoms with Crippen LogP contribution in [0.1, 0.15) is 63.8 Å². The van der Waals surface area contributed by atoms with Gasteiger partial charge in [-0.2, -0.15) is 0 Å². The summed E-state index contributed by atoms with van der Waals surface area (Å²) in [7, 11) is 0. The van der Waals surface area contributed by atoms with Crippen molar-refractivity contribution >= 4 is 0 Å². The molecule has 118 valence electrons. The van der Waals surface area contributed by atoms with Gasteiger partial charge in [-0.1, -0.05) is 34.6 Å². The standard InChI is InChI=1S/C19H30FN/c1-8-9-21-16(17-18(4,5)19(17,6)7)15-12(2)10-14(20)11-13(15)3/h10-11,16-17,21H,8-9H2,1-7H3. The van der Waals surface area contributed by atoms with E-state index in [0.717, 1.165) is 24.1 Å². The van der Waals surface area contributed by atoms with Crippen LogP contribution in [0.2, 0.25) is 0 Å². The summed E-state index contributed by atoms with van der Waals surface area (Å²) in [5.41, 5.74) is 4.06. The smallest absolute Gasteiger partial charge is 0.123 e. The molecular formula is C19H30FN. The molecule has 21 heavy (non-hydrogen) atoms. The highest BCUT2D eigenvalue weighted by Gasteiger charge is 2.67. The second-order valence-corrected chi connectivity index (χ2v) is 7.81. The second kappa shape index (κ2) is 5.39. The Hall–Kier alpha value is -0.890. The van der Waals surface area contributed by atoms with Crippen LogP contribution in [-0.2, 0) is 0 Å². The van der Waals surface area contributed by atoms with Crippen molar-refractivity contribution in [1.82, 2.24) is 5.32 Å². The minimum atomic E-state index is -0.127. The molecule has 1 aliphatic carbocycles. The highest BCUT2D eigenvalue weighted by Crippen LogP contribution is 2.72. The quantitative estimate of drug-likeness (QED) is 0.789. The number of nitrogens with one attached hydrogen (secondary N) is 1. The Morgan fingerprint density at radius 1 is 1.10 bits per heavy atom. The van der Waals surface area contributed by atoms with Crippen LogP contribution in [0.3, 0.4) is 0 Å². The van der Waals surface area contributed by atoms with Gasteiger partial charge in [0.15, 0.2) is 0 Å². The highest BCUT2D eigenvalue weighted by atomic mass is 19.1. The summed E-state index contributed by atoms with van der Waals surface area (Å²) in [5.74, 6) is 0.455. The van der Waals surface area contributed by atoms with Crippen LogP contribution in [-0.4, -0.2) is 6.54 Å². The minimum Gasteiger partial charge on any atom is -0.310 e. The van der Waals surface area contributed by atoms with Gasteiger partial charge in [-0.3, -0.25) is 0 Å². The van der Waals surface area contributed by atoms with Crippen LogP contribution in [0.25, 0.3) is 0 Å². The molecule has 0 saturated heterocycles. The van der Waals surface area contributed by atoms with Gasteiger partial charge in [0.25, 0.3) is 0 Å². The number of aryl methyl sites for hydroxylation is 2. The molecule has 0 spiro atoms. The first-order valence-electron chi connectivity index (χ1n) is 8.14. The number of hydrogen-bond acceptors (Lipinski definition) is 1. The van der Waals surface area contributed by atoms with E-state index in [1.807, 2.05) is 13.8 Å². The third-order valence-corrected chi connectivity index (χ3v) is 5.95. The van der Waals surface area contributed by atoms with E-state index < -0.39 is 0 Å². The summed E-state index contributed by atoms with van der Waals surface area (Å²) in [6.45, 7) is 16.7. The van der Waals surface area contributed by atoms with Crippen molar-refractivity contribution in [3.63, 3.8) is 0 Å². The van der Waals surface area contributed by atoms with Crippen molar-refractivity contribution in [2.24, 2.45) is 16.7 Å². The number of rotatable bonds is 5. The molecule has 1 nitrogen and oxygen atoms in total. The molecule has 1 atom stereocenters. The fraction of sp³-hybridized carbons (Fsp3) is 0.684. The van der Waals surface area contributed by atoms with E-state index >= 15 is 0 Å². The molecule has 0 radical (unpaired) electrons. The SMILES string of the molecule is CCCNC(c1c(C)cc(F)cc1C)C1C(C)(C)C1(C)C. The van der Waals surface area contributed by atoms with Gasteiger partial charge < -0.3 is 5.32 Å². The number of benzene rings is 1. The lowest BCUT2D eigenvalue weighted by Crippen LogP contribution is -2.27. The Bertz CT molecular complexity index is 493. The molecule has 0 heterocycles. The lowest BCUT2D eigenvalue weighted by atomic mass is 9.89. The second-order valence-electron chi connectivity index (χ2n) is 7.81. The fourth-order valence-electron chi connectivity index (χ4n) is 4.18. The summed E-state index contributed by atoms with van der Waals surface area (Å²) in [6.07, 6.45) is 1.11. The van der Waals surface area contributed by atoms with Crippen LogP contribution in [0, 0.1) is 36.4 Å². The zero-order chi connectivity index (χ0) is 16.0. The molecular weight excluding hydrogens is 261 g/mol. The van der Waals surface area contributed by atoms with Crippen molar-refractivity contribution in [2.75, 3.05) is 6.54 Å². The highest BCUT2D eigenvalue weighted by molar-refractivity contribution is 5.39. The Balaban J connectivity index is 2.44. The monoisotopic (exact) mass is 291 g/mol. The molecule has 1 aromatic carbocycles. The zero-order valence-electron chi connectivity index (χ0n) is 14.6. The average molecular weight is 291 g/mol. The number of halogens is 1. The normalized spacial score (nSPS) is 21.3. The van der Waals surface area contributed by atoms with Crippen LogP contribution in [0.5, 0.6) is 0 Å². The molecule has 2 heteroatoms. The Morgan fingerprint density at radius 3 is 1.95 bits per heavy atom. The Kier molecular flexibility index (Phi) is 4.23. The molecule has 1 fully saturated rings. The van der Waals surface area contributed by atoms with Gasteiger partial charge in [-0.15, -0.1) is 0 Å². The van der Waals surface area contributed by atoms with Gasteiger partial charge >= 0.3 is 0 Å². The summed E-state index contributed by atoms with van der Waals surface area (Å²) >= 11 is 0. The predicted molar refractivity (Wildman–Crippen MR) is 88.0 cm³/mol. The van der Waals surface area contributed by atoms with Crippen molar-refractivity contribution in [3.05, 3.63) is 34.6 Å². The molecule has 2 rings (SSSR count). The van der Waals surface area contributed by atoms with Gasteiger partial charge in [0, 0.05) is 6.04 Å². The maximum Gasteiger partial charge on any atom is 0.123 e. The number of hydrogen-bond donors (Lipinski definition) is 1. The molecule has 0 bridgehead atoms. The van der Waals surface area contributed by atoms with Gasteiger partial charge in [0.05, 0.1) is 0 Å². The molecule has 1 saturated carbocycles. The Labute approximate surface area is 129 Å². The van der Waals surface area contributed by atoms with Crippen LogP contribution in [0.15, 0.2) is 12.1 Å². The predicted octanol–water partition coefficient (Wildman–Crippen LogP) is 5.17. The maximum atomic E-state index is 13.6. The van der Waals surface area contributed by atoms with Crippen LogP contribution in [0.4, 0.5) is 4.39 Å². The van der Waals surface area contributed by atoms with E-state index in [1.165, 1.54) is 5.56 Å². The van der Waals surface area contributed by atoms with E-state index in [2.05, 4.69) is 39.9 Å². The summed E-state index contributed by atoms with van der Waals surface area (Å²) < 4.78 is 13.6. The van der Waals surface area contributed by atoms with Gasteiger partial charge in [-0.25, -0.2) is 4.39 Å². The average Bonchev–Trinajstić information content (AvgIpc) is 2.73. The molecule has 1 aliphatic rings. The lowest BCUT2D eigenvalue weighted by Gasteiger charge is -2.25. The molecule has 1 N–H and O–H groups in total. The summed E-state index contributed by atoms with van der Waals surface area (Å²) in [6, 6.07) is 3.66. The van der Waals surface area contributed by atoms with E-state index in [9.17, 15) is 4.39 Å². The third kappa shape index (κ3) is 2.63. The summed E-state index contributed by atoms with van der Waals surface area (Å²) in [4.78, 5) is 0. The summed E-state index contributed by atoms with van der Waals surface area (Å²) in [5, 5.41) is 3.74. The fourth-order valence-corrected chi connectivity index (χ4v) is 4.18. The van der Waals surface area contributed by atoms with E-state index in [0.29, 0.717) is 22.8 Å². The van der Waals surface area contributed by atoms with Crippen molar-refractivity contribution < 1.29 is 4.39 Å². The molecule has 0 aromatic heterocycles. The van der Waals surface area contributed by atoms with Gasteiger partial charge in [0.2, 0.25) is 0 Å². The van der Waals surface area contributed by atoms with E-state index in [1.54, 1.807) is 12.1 Å². The molecule has 1 unspecified atom stereocenters. The Morgan fingerprint density at radius 2 is 1.57 bits per heavy atom. The van der Waals surface area contributed by atoms with E-state index in [4.69, 9.17) is 0 Å². The zero-order valence-corrected chi connectivity index (χ0v) is 14.6.